The van der Waals surface area contributed by atoms with Crippen molar-refractivity contribution >= 4 is 28.6 Å². The van der Waals surface area contributed by atoms with Crippen LogP contribution in [0.3, 0.4) is 0 Å². The van der Waals surface area contributed by atoms with Crippen molar-refractivity contribution in [3.05, 3.63) is 46.7 Å². The molecule has 0 atom stereocenters. The number of fused-ring (bicyclic) bond motifs is 1. The van der Waals surface area contributed by atoms with Gasteiger partial charge in [0, 0.05) is 39.3 Å². The fourth-order valence-corrected chi connectivity index (χ4v) is 4.16. The molecular formula is C19H23N3O2S. The van der Waals surface area contributed by atoms with E-state index in [0.29, 0.717) is 0 Å². The zero-order valence-electron chi connectivity index (χ0n) is 14.3. The second-order valence-electron chi connectivity index (χ2n) is 6.36. The van der Waals surface area contributed by atoms with Gasteiger partial charge in [-0.15, -0.1) is 11.3 Å². The number of carbonyl (C=O) groups excluding carboxylic acids is 1. The number of nitrogens with zero attached hydrogens (tertiary/aromatic N) is 3. The van der Waals surface area contributed by atoms with Gasteiger partial charge in [0.2, 0.25) is 0 Å². The molecular weight excluding hydrogens is 334 g/mol. The van der Waals surface area contributed by atoms with Gasteiger partial charge in [0.1, 0.15) is 0 Å². The van der Waals surface area contributed by atoms with E-state index in [1.165, 1.54) is 11.3 Å². The highest BCUT2D eigenvalue weighted by molar-refractivity contribution is 7.12. The van der Waals surface area contributed by atoms with Gasteiger partial charge in [0.25, 0.3) is 5.91 Å². The van der Waals surface area contributed by atoms with Crippen LogP contribution in [0.2, 0.25) is 0 Å². The summed E-state index contributed by atoms with van der Waals surface area (Å²) in [6, 6.07) is 12.1. The fourth-order valence-electron chi connectivity index (χ4n) is 3.48. The maximum Gasteiger partial charge on any atom is 0.268 e. The Bertz CT molecular complexity index is 713. The number of amides is 1. The van der Waals surface area contributed by atoms with Crippen LogP contribution in [0.4, 0.5) is 11.4 Å². The van der Waals surface area contributed by atoms with E-state index in [-0.39, 0.29) is 5.91 Å². The summed E-state index contributed by atoms with van der Waals surface area (Å²) in [7, 11) is 0. The summed E-state index contributed by atoms with van der Waals surface area (Å²) in [5.74, 6) is 0.107. The molecule has 25 heavy (non-hydrogen) atoms. The molecule has 1 amide bonds. The number of rotatable bonds is 4. The highest BCUT2D eigenvalue weighted by atomic mass is 32.1. The monoisotopic (exact) mass is 357 g/mol. The van der Waals surface area contributed by atoms with Crippen molar-refractivity contribution in [3.8, 4) is 0 Å². The minimum absolute atomic E-state index is 0.107. The van der Waals surface area contributed by atoms with Crippen LogP contribution in [0, 0.1) is 0 Å². The van der Waals surface area contributed by atoms with E-state index in [2.05, 4.69) is 28.0 Å². The van der Waals surface area contributed by atoms with E-state index in [1.54, 1.807) is 0 Å². The van der Waals surface area contributed by atoms with E-state index in [0.717, 1.165) is 68.7 Å². The summed E-state index contributed by atoms with van der Waals surface area (Å²) >= 11 is 1.51. The summed E-state index contributed by atoms with van der Waals surface area (Å²) in [4.78, 5) is 20.4. The number of ether oxygens (including phenoxy) is 1. The van der Waals surface area contributed by atoms with Gasteiger partial charge in [-0.05, 0) is 23.6 Å². The maximum atomic E-state index is 12.8. The first kappa shape index (κ1) is 16.6. The summed E-state index contributed by atoms with van der Waals surface area (Å²) in [5.41, 5.74) is 2.18. The van der Waals surface area contributed by atoms with Crippen molar-refractivity contribution in [2.24, 2.45) is 0 Å². The summed E-state index contributed by atoms with van der Waals surface area (Å²) < 4.78 is 5.43. The molecule has 1 fully saturated rings. The van der Waals surface area contributed by atoms with Gasteiger partial charge in [-0.25, -0.2) is 0 Å². The molecule has 4 rings (SSSR count). The Morgan fingerprint density at radius 2 is 1.76 bits per heavy atom. The number of thiophene rings is 1. The van der Waals surface area contributed by atoms with E-state index in [9.17, 15) is 4.79 Å². The van der Waals surface area contributed by atoms with Crippen LogP contribution in [0.1, 0.15) is 9.67 Å². The Kier molecular flexibility index (Phi) is 5.01. The fraction of sp³-hybridized carbons (Fsp3) is 0.421. The lowest BCUT2D eigenvalue weighted by atomic mass is 10.1. The lowest BCUT2D eigenvalue weighted by Gasteiger charge is -2.39. The van der Waals surface area contributed by atoms with Crippen molar-refractivity contribution in [1.82, 2.24) is 4.90 Å². The quantitative estimate of drug-likeness (QED) is 0.843. The molecule has 0 saturated carbocycles. The predicted molar refractivity (Wildman–Crippen MR) is 102 cm³/mol. The zero-order chi connectivity index (χ0) is 17.1. The van der Waals surface area contributed by atoms with E-state index in [4.69, 9.17) is 4.74 Å². The molecule has 1 aromatic heterocycles. The van der Waals surface area contributed by atoms with Crippen molar-refractivity contribution in [3.63, 3.8) is 0 Å². The number of morpholine rings is 1. The van der Waals surface area contributed by atoms with E-state index < -0.39 is 0 Å². The summed E-state index contributed by atoms with van der Waals surface area (Å²) in [6.07, 6.45) is 0. The van der Waals surface area contributed by atoms with Gasteiger partial charge in [0.15, 0.2) is 0 Å². The predicted octanol–water partition coefficient (Wildman–Crippen LogP) is 2.55. The zero-order valence-corrected chi connectivity index (χ0v) is 15.1. The molecule has 1 aromatic carbocycles. The largest absolute Gasteiger partial charge is 0.379 e. The molecule has 2 aromatic rings. The van der Waals surface area contributed by atoms with Gasteiger partial charge in [-0.3, -0.25) is 9.69 Å². The Morgan fingerprint density at radius 1 is 0.960 bits per heavy atom. The molecule has 0 radical (unpaired) electrons. The molecule has 0 spiro atoms. The van der Waals surface area contributed by atoms with Gasteiger partial charge >= 0.3 is 0 Å². The third-order valence-electron chi connectivity index (χ3n) is 4.87. The number of anilines is 2. The van der Waals surface area contributed by atoms with Crippen LogP contribution in [-0.4, -0.2) is 63.3 Å². The molecule has 5 nitrogen and oxygen atoms in total. The SMILES string of the molecule is O=C(c1cccs1)N1CCN(CCN2CCOCC2)c2ccccc21. The Labute approximate surface area is 152 Å². The summed E-state index contributed by atoms with van der Waals surface area (Å²) in [5, 5.41) is 1.96. The first-order chi connectivity index (χ1) is 12.3. The normalized spacial score (nSPS) is 18.2. The third-order valence-corrected chi connectivity index (χ3v) is 5.73. The maximum absolute atomic E-state index is 12.8. The van der Waals surface area contributed by atoms with Crippen LogP contribution in [0.5, 0.6) is 0 Å². The number of para-hydroxylation sites is 2. The van der Waals surface area contributed by atoms with E-state index >= 15 is 0 Å². The molecule has 0 bridgehead atoms. The number of benzene rings is 1. The molecule has 3 heterocycles. The molecule has 132 valence electrons. The summed E-state index contributed by atoms with van der Waals surface area (Å²) in [6.45, 7) is 7.32. The van der Waals surface area contributed by atoms with Crippen LogP contribution in [-0.2, 0) is 4.74 Å². The van der Waals surface area contributed by atoms with Gasteiger partial charge in [0.05, 0.1) is 29.5 Å². The van der Waals surface area contributed by atoms with Crippen molar-refractivity contribution in [1.29, 1.82) is 0 Å². The number of hydrogen-bond acceptors (Lipinski definition) is 5. The number of hydrogen-bond donors (Lipinski definition) is 0. The first-order valence-electron chi connectivity index (χ1n) is 8.82. The molecule has 6 heteroatoms. The smallest absolute Gasteiger partial charge is 0.268 e. The lowest BCUT2D eigenvalue weighted by molar-refractivity contribution is 0.0391. The average Bonchev–Trinajstić information content (AvgIpc) is 3.21. The third kappa shape index (κ3) is 3.56. The topological polar surface area (TPSA) is 36.0 Å². The molecule has 1 saturated heterocycles. The molecule has 0 unspecified atom stereocenters. The Balaban J connectivity index is 1.49. The minimum atomic E-state index is 0.107. The lowest BCUT2D eigenvalue weighted by Crippen LogP contribution is -2.47. The van der Waals surface area contributed by atoms with Crippen LogP contribution < -0.4 is 9.80 Å². The van der Waals surface area contributed by atoms with Crippen molar-refractivity contribution in [2.45, 2.75) is 0 Å². The average molecular weight is 357 g/mol. The highest BCUT2D eigenvalue weighted by Crippen LogP contribution is 2.34. The standard InChI is InChI=1S/C19H23N3O2S/c23-19(18-6-3-15-25-18)22-10-9-21(16-4-1-2-5-17(16)22)8-7-20-11-13-24-14-12-20/h1-6,15H,7-14H2. The first-order valence-corrected chi connectivity index (χ1v) is 9.70. The van der Waals surface area contributed by atoms with Gasteiger partial charge < -0.3 is 14.5 Å². The van der Waals surface area contributed by atoms with Gasteiger partial charge in [-0.2, -0.15) is 0 Å². The minimum Gasteiger partial charge on any atom is -0.379 e. The van der Waals surface area contributed by atoms with Crippen molar-refractivity contribution < 1.29 is 9.53 Å². The second kappa shape index (κ2) is 7.56. The molecule has 0 N–H and O–H groups in total. The highest BCUT2D eigenvalue weighted by Gasteiger charge is 2.27. The molecule has 2 aliphatic heterocycles. The Hall–Kier alpha value is -1.89. The van der Waals surface area contributed by atoms with Crippen molar-refractivity contribution in [2.75, 3.05) is 62.3 Å². The molecule has 0 aliphatic carbocycles. The van der Waals surface area contributed by atoms with Gasteiger partial charge in [-0.1, -0.05) is 18.2 Å². The van der Waals surface area contributed by atoms with E-state index in [1.807, 2.05) is 28.5 Å². The van der Waals surface area contributed by atoms with Crippen LogP contribution in [0.15, 0.2) is 41.8 Å². The second-order valence-corrected chi connectivity index (χ2v) is 7.31. The number of carbonyl (C=O) groups is 1. The van der Waals surface area contributed by atoms with Crippen LogP contribution in [0.25, 0.3) is 0 Å². The van der Waals surface area contributed by atoms with Crippen LogP contribution >= 0.6 is 11.3 Å². The molecule has 2 aliphatic rings. The Morgan fingerprint density at radius 3 is 2.52 bits per heavy atom.